The lowest BCUT2D eigenvalue weighted by atomic mass is 10.3. The van der Waals surface area contributed by atoms with Gasteiger partial charge in [0.2, 0.25) is 0 Å². The molecule has 20 heavy (non-hydrogen) atoms. The molecule has 1 N–H and O–H groups in total. The Morgan fingerprint density at radius 2 is 1.70 bits per heavy atom. The molecule has 0 amide bonds. The quantitative estimate of drug-likeness (QED) is 0.441. The topological polar surface area (TPSA) is 27.7 Å². The van der Waals surface area contributed by atoms with Gasteiger partial charge in [0.25, 0.3) is 0 Å². The van der Waals surface area contributed by atoms with Crippen LogP contribution < -0.4 is 5.32 Å². The first-order chi connectivity index (χ1) is 9.69. The minimum atomic E-state index is 0.789. The summed E-state index contributed by atoms with van der Waals surface area (Å²) in [5.41, 5.74) is 0. The predicted molar refractivity (Wildman–Crippen MR) is 91.4 cm³/mol. The molecule has 0 bridgehead atoms. The lowest BCUT2D eigenvalue weighted by molar-refractivity contribution is 0.145. The molecule has 5 heteroatoms. The van der Waals surface area contributed by atoms with Crippen LogP contribution in [0.2, 0.25) is 0 Å². The average molecular weight is 304 g/mol. The molecule has 0 aliphatic carbocycles. The van der Waals surface area contributed by atoms with Crippen molar-refractivity contribution < 1.29 is 4.74 Å². The van der Waals surface area contributed by atoms with Gasteiger partial charge in [-0.2, -0.15) is 0 Å². The monoisotopic (exact) mass is 303 g/mol. The third-order valence-corrected chi connectivity index (χ3v) is 3.81. The van der Waals surface area contributed by atoms with E-state index in [1.807, 2.05) is 6.92 Å². The van der Waals surface area contributed by atoms with E-state index >= 15 is 0 Å². The molecule has 0 aromatic heterocycles. The summed E-state index contributed by atoms with van der Waals surface area (Å²) >= 11 is 5.45. The van der Waals surface area contributed by atoms with Crippen molar-refractivity contribution in [2.45, 2.75) is 40.5 Å². The Hall–Kier alpha value is -0.390. The third-order valence-electron chi connectivity index (χ3n) is 3.41. The Morgan fingerprint density at radius 1 is 1.00 bits per heavy atom. The highest BCUT2D eigenvalue weighted by Gasteiger charge is 2.07. The Balaban J connectivity index is 3.79. The zero-order valence-electron chi connectivity index (χ0n) is 13.8. The van der Waals surface area contributed by atoms with Crippen LogP contribution >= 0.6 is 12.2 Å². The van der Waals surface area contributed by atoms with Crippen molar-refractivity contribution in [3.63, 3.8) is 0 Å². The van der Waals surface area contributed by atoms with Crippen molar-refractivity contribution >= 4 is 17.3 Å². The Morgan fingerprint density at radius 3 is 2.25 bits per heavy atom. The van der Waals surface area contributed by atoms with Crippen LogP contribution in [0.15, 0.2) is 0 Å². The van der Waals surface area contributed by atoms with E-state index in [4.69, 9.17) is 17.0 Å². The summed E-state index contributed by atoms with van der Waals surface area (Å²) in [6.07, 6.45) is 2.17. The molecule has 0 saturated carbocycles. The summed E-state index contributed by atoms with van der Waals surface area (Å²) in [6, 6.07) is 0. The van der Waals surface area contributed by atoms with E-state index in [1.54, 1.807) is 0 Å². The number of thiocarbonyl (C=S) groups is 1. The van der Waals surface area contributed by atoms with Gasteiger partial charge in [0.05, 0.1) is 0 Å². The van der Waals surface area contributed by atoms with Crippen molar-refractivity contribution in [2.24, 2.45) is 0 Å². The number of ether oxygens (including phenoxy) is 1. The molecule has 0 aliphatic rings. The molecular weight excluding hydrogens is 270 g/mol. The number of hydrogen-bond donors (Lipinski definition) is 1. The summed E-state index contributed by atoms with van der Waals surface area (Å²) < 4.78 is 5.32. The second-order valence-corrected chi connectivity index (χ2v) is 5.13. The third kappa shape index (κ3) is 9.50. The van der Waals surface area contributed by atoms with Gasteiger partial charge in [-0.05, 0) is 58.5 Å². The molecule has 0 rings (SSSR count). The smallest absolute Gasteiger partial charge is 0.168 e. The van der Waals surface area contributed by atoms with Crippen LogP contribution in [0.25, 0.3) is 0 Å². The van der Waals surface area contributed by atoms with E-state index in [-0.39, 0.29) is 0 Å². The fourth-order valence-electron chi connectivity index (χ4n) is 2.05. The number of rotatable bonds is 12. The summed E-state index contributed by atoms with van der Waals surface area (Å²) in [6.45, 7) is 16.5. The van der Waals surface area contributed by atoms with E-state index in [1.165, 1.54) is 0 Å². The molecule has 120 valence electrons. The van der Waals surface area contributed by atoms with Crippen LogP contribution in [0.3, 0.4) is 0 Å². The maximum atomic E-state index is 5.45. The van der Waals surface area contributed by atoms with Gasteiger partial charge in [0.15, 0.2) is 5.11 Å². The normalized spacial score (nSPS) is 10.8. The van der Waals surface area contributed by atoms with Crippen LogP contribution in [0.4, 0.5) is 0 Å². The van der Waals surface area contributed by atoms with Crippen molar-refractivity contribution in [1.29, 1.82) is 0 Å². The molecule has 4 nitrogen and oxygen atoms in total. The van der Waals surface area contributed by atoms with E-state index in [0.717, 1.165) is 70.4 Å². The zero-order chi connectivity index (χ0) is 15.2. The highest BCUT2D eigenvalue weighted by molar-refractivity contribution is 7.80. The fourth-order valence-corrected chi connectivity index (χ4v) is 2.38. The van der Waals surface area contributed by atoms with Crippen molar-refractivity contribution in [1.82, 2.24) is 15.1 Å². The maximum Gasteiger partial charge on any atom is 0.168 e. The van der Waals surface area contributed by atoms with Gasteiger partial charge in [0.1, 0.15) is 0 Å². The first-order valence-electron chi connectivity index (χ1n) is 8.02. The second-order valence-electron chi connectivity index (χ2n) is 4.74. The Bertz CT molecular complexity index is 235. The predicted octanol–water partition coefficient (Wildman–Crippen LogP) is 2.34. The molecule has 0 aromatic carbocycles. The molecule has 0 heterocycles. The molecule has 0 saturated heterocycles. The molecule has 0 aromatic rings. The van der Waals surface area contributed by atoms with Gasteiger partial charge in [-0.3, -0.25) is 0 Å². The first kappa shape index (κ1) is 19.6. The van der Waals surface area contributed by atoms with Crippen molar-refractivity contribution in [3.8, 4) is 0 Å². The highest BCUT2D eigenvalue weighted by Crippen LogP contribution is 1.97. The van der Waals surface area contributed by atoms with Crippen molar-refractivity contribution in [2.75, 3.05) is 52.5 Å². The molecule has 0 spiro atoms. The van der Waals surface area contributed by atoms with Gasteiger partial charge in [-0.15, -0.1) is 0 Å². The average Bonchev–Trinajstić information content (AvgIpc) is 2.47. The van der Waals surface area contributed by atoms with E-state index in [0.29, 0.717) is 0 Å². The second kappa shape index (κ2) is 13.6. The van der Waals surface area contributed by atoms with Crippen LogP contribution in [0.1, 0.15) is 40.5 Å². The minimum absolute atomic E-state index is 0.789. The SMILES string of the molecule is CCOCCCNC(=S)N(CC)CCCN(CC)CC. The summed E-state index contributed by atoms with van der Waals surface area (Å²) in [5, 5.41) is 4.20. The van der Waals surface area contributed by atoms with Crippen molar-refractivity contribution in [3.05, 3.63) is 0 Å². The Kier molecular flexibility index (Phi) is 13.3. The van der Waals surface area contributed by atoms with Crippen LogP contribution in [-0.4, -0.2) is 67.4 Å². The molecule has 0 unspecified atom stereocenters. The molecule has 0 radical (unpaired) electrons. The highest BCUT2D eigenvalue weighted by atomic mass is 32.1. The summed E-state index contributed by atoms with van der Waals surface area (Å²) in [5.74, 6) is 0. The van der Waals surface area contributed by atoms with Gasteiger partial charge >= 0.3 is 0 Å². The van der Waals surface area contributed by atoms with E-state index in [9.17, 15) is 0 Å². The van der Waals surface area contributed by atoms with Gasteiger partial charge in [-0.25, -0.2) is 0 Å². The van der Waals surface area contributed by atoms with E-state index < -0.39 is 0 Å². The summed E-state index contributed by atoms with van der Waals surface area (Å²) in [7, 11) is 0. The van der Waals surface area contributed by atoms with Gasteiger partial charge < -0.3 is 19.9 Å². The van der Waals surface area contributed by atoms with Crippen LogP contribution in [0, 0.1) is 0 Å². The Labute approximate surface area is 130 Å². The maximum absolute atomic E-state index is 5.45. The zero-order valence-corrected chi connectivity index (χ0v) is 14.6. The minimum Gasteiger partial charge on any atom is -0.382 e. The van der Waals surface area contributed by atoms with Crippen LogP contribution in [-0.2, 0) is 4.74 Å². The van der Waals surface area contributed by atoms with E-state index in [2.05, 4.69) is 35.9 Å². The number of nitrogens with one attached hydrogen (secondary N) is 1. The molecule has 0 aliphatic heterocycles. The standard InChI is InChI=1S/C15H33N3OS/c1-5-17(6-2)12-10-13-18(7-3)15(20)16-11-9-14-19-8-4/h5-14H2,1-4H3,(H,16,20). The number of hydrogen-bond acceptors (Lipinski definition) is 3. The molecule has 0 atom stereocenters. The van der Waals surface area contributed by atoms with Crippen LogP contribution in [0.5, 0.6) is 0 Å². The lowest BCUT2D eigenvalue weighted by Crippen LogP contribution is -2.41. The fraction of sp³-hybridized carbons (Fsp3) is 0.933. The summed E-state index contributed by atoms with van der Waals surface area (Å²) in [4.78, 5) is 4.70. The first-order valence-corrected chi connectivity index (χ1v) is 8.43. The van der Waals surface area contributed by atoms with Gasteiger partial charge in [-0.1, -0.05) is 13.8 Å². The lowest BCUT2D eigenvalue weighted by Gasteiger charge is -2.26. The number of nitrogens with zero attached hydrogens (tertiary/aromatic N) is 2. The molecule has 0 fully saturated rings. The molecular formula is C15H33N3OS. The van der Waals surface area contributed by atoms with Gasteiger partial charge in [0, 0.05) is 32.8 Å². The largest absolute Gasteiger partial charge is 0.382 e.